The standard InChI is InChI=1S/C16H18FN3O4/c1-23-12-6-10(2-3-11(12)17)14-13(16(21)22)15(19-24-14)20-5-4-9(7-18)8-20/h2-3,6,9H,4-5,7-8,18H2,1H3,(H,21,22). The summed E-state index contributed by atoms with van der Waals surface area (Å²) in [7, 11) is 1.34. The van der Waals surface area contributed by atoms with Crippen molar-refractivity contribution in [2.75, 3.05) is 31.6 Å². The first-order valence-electron chi connectivity index (χ1n) is 7.57. The number of ether oxygens (including phenoxy) is 1. The van der Waals surface area contributed by atoms with E-state index in [0.717, 1.165) is 6.42 Å². The predicted molar refractivity (Wildman–Crippen MR) is 84.8 cm³/mol. The van der Waals surface area contributed by atoms with Crippen molar-refractivity contribution in [1.82, 2.24) is 5.16 Å². The maximum atomic E-state index is 13.6. The molecule has 0 saturated carbocycles. The van der Waals surface area contributed by atoms with Crippen LogP contribution in [0, 0.1) is 11.7 Å². The summed E-state index contributed by atoms with van der Waals surface area (Å²) in [5, 5.41) is 13.5. The van der Waals surface area contributed by atoms with Gasteiger partial charge in [-0.15, -0.1) is 0 Å². The molecule has 1 aliphatic rings. The second-order valence-corrected chi connectivity index (χ2v) is 5.70. The van der Waals surface area contributed by atoms with Crippen molar-refractivity contribution in [3.8, 4) is 17.1 Å². The average molecular weight is 335 g/mol. The second-order valence-electron chi connectivity index (χ2n) is 5.70. The molecule has 128 valence electrons. The molecule has 1 fully saturated rings. The molecule has 7 nitrogen and oxygen atoms in total. The van der Waals surface area contributed by atoms with Crippen molar-refractivity contribution >= 4 is 11.8 Å². The van der Waals surface area contributed by atoms with E-state index in [-0.39, 0.29) is 22.9 Å². The molecule has 2 heterocycles. The van der Waals surface area contributed by atoms with Crippen LogP contribution >= 0.6 is 0 Å². The van der Waals surface area contributed by atoms with Crippen molar-refractivity contribution in [1.29, 1.82) is 0 Å². The largest absolute Gasteiger partial charge is 0.494 e. The van der Waals surface area contributed by atoms with Gasteiger partial charge in [-0.25, -0.2) is 9.18 Å². The predicted octanol–water partition coefficient (Wildman–Crippen LogP) is 1.97. The fourth-order valence-electron chi connectivity index (χ4n) is 2.91. The van der Waals surface area contributed by atoms with E-state index in [9.17, 15) is 14.3 Å². The third kappa shape index (κ3) is 2.80. The monoisotopic (exact) mass is 335 g/mol. The second kappa shape index (κ2) is 6.48. The van der Waals surface area contributed by atoms with Crippen LogP contribution in [0.1, 0.15) is 16.8 Å². The number of benzene rings is 1. The van der Waals surface area contributed by atoms with Crippen LogP contribution in [-0.2, 0) is 0 Å². The molecule has 8 heteroatoms. The number of carboxylic acids is 1. The third-order valence-electron chi connectivity index (χ3n) is 4.22. The van der Waals surface area contributed by atoms with Gasteiger partial charge in [0, 0.05) is 18.7 Å². The van der Waals surface area contributed by atoms with E-state index in [1.54, 1.807) is 0 Å². The van der Waals surface area contributed by atoms with Crippen LogP contribution in [0.15, 0.2) is 22.7 Å². The van der Waals surface area contributed by atoms with Crippen LogP contribution in [0.4, 0.5) is 10.2 Å². The average Bonchev–Trinajstić information content (AvgIpc) is 3.21. The van der Waals surface area contributed by atoms with Crippen molar-refractivity contribution in [2.24, 2.45) is 11.7 Å². The molecule has 24 heavy (non-hydrogen) atoms. The summed E-state index contributed by atoms with van der Waals surface area (Å²) in [6.45, 7) is 1.84. The highest BCUT2D eigenvalue weighted by Gasteiger charge is 2.31. The summed E-state index contributed by atoms with van der Waals surface area (Å²) in [5.41, 5.74) is 6.03. The lowest BCUT2D eigenvalue weighted by Gasteiger charge is -2.15. The Labute approximate surface area is 137 Å². The lowest BCUT2D eigenvalue weighted by molar-refractivity contribution is 0.0698. The first-order chi connectivity index (χ1) is 11.5. The van der Waals surface area contributed by atoms with Crippen molar-refractivity contribution < 1.29 is 23.6 Å². The van der Waals surface area contributed by atoms with Gasteiger partial charge in [0.05, 0.1) is 7.11 Å². The van der Waals surface area contributed by atoms with Gasteiger partial charge in [0.25, 0.3) is 0 Å². The van der Waals surface area contributed by atoms with Gasteiger partial charge in [-0.3, -0.25) is 0 Å². The van der Waals surface area contributed by atoms with Gasteiger partial charge < -0.3 is 25.0 Å². The van der Waals surface area contributed by atoms with Gasteiger partial charge in [-0.05, 0) is 37.1 Å². The molecule has 3 N–H and O–H groups in total. The van der Waals surface area contributed by atoms with Gasteiger partial charge in [0.2, 0.25) is 0 Å². The summed E-state index contributed by atoms with van der Waals surface area (Å²) in [6, 6.07) is 4.02. The lowest BCUT2D eigenvalue weighted by Crippen LogP contribution is -2.24. The number of anilines is 1. The minimum atomic E-state index is -1.15. The zero-order valence-electron chi connectivity index (χ0n) is 13.2. The summed E-state index contributed by atoms with van der Waals surface area (Å²) in [5.74, 6) is -1.03. The molecule has 1 unspecified atom stereocenters. The molecule has 1 aliphatic heterocycles. The minimum Gasteiger partial charge on any atom is -0.494 e. The molecular weight excluding hydrogens is 317 g/mol. The van der Waals surface area contributed by atoms with Gasteiger partial charge >= 0.3 is 5.97 Å². The molecule has 1 aromatic carbocycles. The minimum absolute atomic E-state index is 0.00570. The SMILES string of the molecule is COc1cc(-c2onc(N3CCC(CN)C3)c2C(=O)O)ccc1F. The Morgan fingerprint density at radius 3 is 3.00 bits per heavy atom. The lowest BCUT2D eigenvalue weighted by atomic mass is 10.1. The van der Waals surface area contributed by atoms with Gasteiger partial charge in [0.1, 0.15) is 0 Å². The number of methoxy groups -OCH3 is 1. The summed E-state index contributed by atoms with van der Waals surface area (Å²) < 4.78 is 23.8. The van der Waals surface area contributed by atoms with Crippen molar-refractivity contribution in [2.45, 2.75) is 6.42 Å². The molecule has 1 atom stereocenters. The highest BCUT2D eigenvalue weighted by Crippen LogP contribution is 2.35. The number of hydrogen-bond donors (Lipinski definition) is 2. The number of nitrogens with two attached hydrogens (primary N) is 1. The molecule has 2 aromatic rings. The van der Waals surface area contributed by atoms with E-state index in [1.807, 2.05) is 4.90 Å². The van der Waals surface area contributed by atoms with Crippen LogP contribution in [-0.4, -0.2) is 43.0 Å². The van der Waals surface area contributed by atoms with Crippen LogP contribution in [0.2, 0.25) is 0 Å². The van der Waals surface area contributed by atoms with Crippen LogP contribution in [0.5, 0.6) is 5.75 Å². The van der Waals surface area contributed by atoms with Gasteiger partial charge in [-0.2, -0.15) is 0 Å². The Morgan fingerprint density at radius 1 is 1.58 bits per heavy atom. The third-order valence-corrected chi connectivity index (χ3v) is 4.22. The molecule has 0 spiro atoms. The van der Waals surface area contributed by atoms with E-state index in [2.05, 4.69) is 5.16 Å². The molecule has 0 aliphatic carbocycles. The van der Waals surface area contributed by atoms with E-state index in [0.29, 0.717) is 31.1 Å². The molecule has 0 bridgehead atoms. The molecule has 3 rings (SSSR count). The number of rotatable bonds is 5. The topological polar surface area (TPSA) is 102 Å². The van der Waals surface area contributed by atoms with Crippen LogP contribution in [0.3, 0.4) is 0 Å². The maximum Gasteiger partial charge on any atom is 0.343 e. The number of halogens is 1. The number of nitrogens with zero attached hydrogens (tertiary/aromatic N) is 2. The number of carbonyl (C=O) groups is 1. The molecule has 1 aromatic heterocycles. The first-order valence-corrected chi connectivity index (χ1v) is 7.57. The number of hydrogen-bond acceptors (Lipinski definition) is 6. The highest BCUT2D eigenvalue weighted by molar-refractivity contribution is 5.99. The Bertz CT molecular complexity index is 762. The van der Waals surface area contributed by atoms with E-state index >= 15 is 0 Å². The first kappa shape index (κ1) is 16.3. The smallest absolute Gasteiger partial charge is 0.343 e. The van der Waals surface area contributed by atoms with Gasteiger partial charge in [0.15, 0.2) is 28.7 Å². The quantitative estimate of drug-likeness (QED) is 0.861. The summed E-state index contributed by atoms with van der Waals surface area (Å²) in [4.78, 5) is 13.6. The molecule has 0 radical (unpaired) electrons. The van der Waals surface area contributed by atoms with E-state index in [1.165, 1.54) is 25.3 Å². The highest BCUT2D eigenvalue weighted by atomic mass is 19.1. The normalized spacial score (nSPS) is 17.3. The Balaban J connectivity index is 2.02. The number of carboxylic acid groups (broad SMARTS) is 1. The van der Waals surface area contributed by atoms with Gasteiger partial charge in [-0.1, -0.05) is 5.16 Å². The number of aromatic nitrogens is 1. The Hall–Kier alpha value is -2.61. The molecular formula is C16H18FN3O4. The molecule has 1 saturated heterocycles. The fourth-order valence-corrected chi connectivity index (χ4v) is 2.91. The summed E-state index contributed by atoms with van der Waals surface area (Å²) >= 11 is 0. The summed E-state index contributed by atoms with van der Waals surface area (Å²) in [6.07, 6.45) is 0.877. The zero-order valence-corrected chi connectivity index (χ0v) is 13.2. The van der Waals surface area contributed by atoms with Crippen LogP contribution < -0.4 is 15.4 Å². The Morgan fingerprint density at radius 2 is 2.38 bits per heavy atom. The fraction of sp³-hybridized carbons (Fsp3) is 0.375. The van der Waals surface area contributed by atoms with Crippen molar-refractivity contribution in [3.05, 3.63) is 29.6 Å². The molecule has 0 amide bonds. The van der Waals surface area contributed by atoms with Crippen LogP contribution in [0.25, 0.3) is 11.3 Å². The maximum absolute atomic E-state index is 13.6. The van der Waals surface area contributed by atoms with Crippen molar-refractivity contribution in [3.63, 3.8) is 0 Å². The Kier molecular flexibility index (Phi) is 4.39. The number of aromatic carboxylic acids is 1. The van der Waals surface area contributed by atoms with E-state index in [4.69, 9.17) is 15.0 Å². The van der Waals surface area contributed by atoms with E-state index < -0.39 is 11.8 Å². The zero-order chi connectivity index (χ0) is 17.3.